The first-order valence-electron chi connectivity index (χ1n) is 5.67. The first-order valence-corrected chi connectivity index (χ1v) is 5.67. The zero-order valence-corrected chi connectivity index (χ0v) is 10.2. The number of rotatable bonds is 3. The van der Waals surface area contributed by atoms with Crippen LogP contribution in [0.25, 0.3) is 0 Å². The summed E-state index contributed by atoms with van der Waals surface area (Å²) in [6, 6.07) is 7.46. The Bertz CT molecular complexity index is 555. The van der Waals surface area contributed by atoms with Crippen molar-refractivity contribution < 1.29 is 8.78 Å². The van der Waals surface area contributed by atoms with Crippen LogP contribution in [0.15, 0.2) is 36.5 Å². The molecule has 2 nitrogen and oxygen atoms in total. The maximum atomic E-state index is 13.8. The quantitative estimate of drug-likeness (QED) is 0.903. The maximum absolute atomic E-state index is 13.8. The number of halogens is 2. The SMILES string of the molecule is CNC(c1ccnc(C)c1)c1cccc(F)c1F. The smallest absolute Gasteiger partial charge is 0.163 e. The molecular formula is C14H14F2N2. The molecule has 1 aromatic carbocycles. The van der Waals surface area contributed by atoms with Crippen molar-refractivity contribution in [1.29, 1.82) is 0 Å². The van der Waals surface area contributed by atoms with E-state index in [1.54, 1.807) is 25.4 Å². The molecule has 0 saturated carbocycles. The first-order chi connectivity index (χ1) is 8.63. The lowest BCUT2D eigenvalue weighted by Crippen LogP contribution is -2.19. The van der Waals surface area contributed by atoms with Crippen LogP contribution in [-0.2, 0) is 0 Å². The molecule has 0 aliphatic heterocycles. The highest BCUT2D eigenvalue weighted by Crippen LogP contribution is 2.25. The van der Waals surface area contributed by atoms with Crippen LogP contribution in [0, 0.1) is 18.6 Å². The van der Waals surface area contributed by atoms with E-state index in [-0.39, 0.29) is 6.04 Å². The van der Waals surface area contributed by atoms with Crippen molar-refractivity contribution in [2.45, 2.75) is 13.0 Å². The number of nitrogens with one attached hydrogen (secondary N) is 1. The molecule has 1 aromatic heterocycles. The Hall–Kier alpha value is -1.81. The molecule has 1 heterocycles. The predicted molar refractivity (Wildman–Crippen MR) is 66.2 cm³/mol. The Morgan fingerprint density at radius 2 is 2.00 bits per heavy atom. The summed E-state index contributed by atoms with van der Waals surface area (Å²) < 4.78 is 27.1. The first kappa shape index (κ1) is 12.6. The third kappa shape index (κ3) is 2.38. The van der Waals surface area contributed by atoms with Crippen LogP contribution >= 0.6 is 0 Å². The average molecular weight is 248 g/mol. The minimum absolute atomic E-state index is 0.295. The summed E-state index contributed by atoms with van der Waals surface area (Å²) in [5.74, 6) is -1.65. The van der Waals surface area contributed by atoms with E-state index in [4.69, 9.17) is 0 Å². The summed E-state index contributed by atoms with van der Waals surface area (Å²) in [6.45, 7) is 1.86. The van der Waals surface area contributed by atoms with Crippen LogP contribution in [0.2, 0.25) is 0 Å². The largest absolute Gasteiger partial charge is 0.309 e. The fourth-order valence-electron chi connectivity index (χ4n) is 1.99. The third-order valence-corrected chi connectivity index (χ3v) is 2.84. The summed E-state index contributed by atoms with van der Waals surface area (Å²) in [5.41, 5.74) is 1.99. The minimum atomic E-state index is -0.835. The lowest BCUT2D eigenvalue weighted by Gasteiger charge is -2.18. The van der Waals surface area contributed by atoms with Crippen molar-refractivity contribution in [3.05, 3.63) is 65.0 Å². The Morgan fingerprint density at radius 3 is 2.67 bits per heavy atom. The van der Waals surface area contributed by atoms with Crippen molar-refractivity contribution in [1.82, 2.24) is 10.3 Å². The van der Waals surface area contributed by atoms with Crippen molar-refractivity contribution in [2.24, 2.45) is 0 Å². The van der Waals surface area contributed by atoms with Gasteiger partial charge in [0.1, 0.15) is 0 Å². The van der Waals surface area contributed by atoms with Gasteiger partial charge in [0.25, 0.3) is 0 Å². The zero-order chi connectivity index (χ0) is 13.1. The van der Waals surface area contributed by atoms with Crippen LogP contribution in [-0.4, -0.2) is 12.0 Å². The highest BCUT2D eigenvalue weighted by Gasteiger charge is 2.18. The molecule has 4 heteroatoms. The van der Waals surface area contributed by atoms with Gasteiger partial charge in [-0.1, -0.05) is 12.1 Å². The van der Waals surface area contributed by atoms with E-state index in [1.807, 2.05) is 13.0 Å². The van der Waals surface area contributed by atoms with Gasteiger partial charge in [-0.15, -0.1) is 0 Å². The summed E-state index contributed by atoms with van der Waals surface area (Å²) in [6.07, 6.45) is 1.66. The predicted octanol–water partition coefficient (Wildman–Crippen LogP) is 2.98. The molecule has 0 bridgehead atoms. The van der Waals surface area contributed by atoms with Crippen molar-refractivity contribution >= 4 is 0 Å². The second kappa shape index (κ2) is 5.23. The van der Waals surface area contributed by atoms with E-state index >= 15 is 0 Å². The number of hydrogen-bond donors (Lipinski definition) is 1. The fourth-order valence-corrected chi connectivity index (χ4v) is 1.99. The van der Waals surface area contributed by atoms with Crippen LogP contribution < -0.4 is 5.32 Å². The Balaban J connectivity index is 2.49. The molecule has 0 saturated heterocycles. The molecule has 1 N–H and O–H groups in total. The molecule has 18 heavy (non-hydrogen) atoms. The maximum Gasteiger partial charge on any atom is 0.163 e. The molecule has 0 spiro atoms. The van der Waals surface area contributed by atoms with Crippen LogP contribution in [0.5, 0.6) is 0 Å². The molecule has 0 fully saturated rings. The summed E-state index contributed by atoms with van der Waals surface area (Å²) in [5, 5.41) is 3.00. The van der Waals surface area contributed by atoms with Crippen LogP contribution in [0.1, 0.15) is 22.9 Å². The van der Waals surface area contributed by atoms with Crippen molar-refractivity contribution in [3.63, 3.8) is 0 Å². The van der Waals surface area contributed by atoms with Crippen LogP contribution in [0.3, 0.4) is 0 Å². The molecule has 94 valence electrons. The highest BCUT2D eigenvalue weighted by molar-refractivity contribution is 5.33. The van der Waals surface area contributed by atoms with Gasteiger partial charge in [0.15, 0.2) is 11.6 Å². The van der Waals surface area contributed by atoms with Crippen LogP contribution in [0.4, 0.5) is 8.78 Å². The molecule has 2 rings (SSSR count). The molecule has 1 unspecified atom stereocenters. The summed E-state index contributed by atoms with van der Waals surface area (Å²) in [4.78, 5) is 4.09. The molecular weight excluding hydrogens is 234 g/mol. The summed E-state index contributed by atoms with van der Waals surface area (Å²) >= 11 is 0. The van der Waals surface area contributed by atoms with Gasteiger partial charge in [-0.05, 0) is 37.7 Å². The topological polar surface area (TPSA) is 24.9 Å². The Morgan fingerprint density at radius 1 is 1.22 bits per heavy atom. The van der Waals surface area contributed by atoms with E-state index in [1.165, 1.54) is 6.07 Å². The lowest BCUT2D eigenvalue weighted by molar-refractivity contribution is 0.487. The van der Waals surface area contributed by atoms with Gasteiger partial charge in [0.05, 0.1) is 6.04 Å². The van der Waals surface area contributed by atoms with Gasteiger partial charge >= 0.3 is 0 Å². The number of aryl methyl sites for hydroxylation is 1. The molecule has 0 radical (unpaired) electrons. The highest BCUT2D eigenvalue weighted by atomic mass is 19.2. The third-order valence-electron chi connectivity index (χ3n) is 2.84. The van der Waals surface area contributed by atoms with Gasteiger partial charge in [-0.2, -0.15) is 0 Å². The van der Waals surface area contributed by atoms with Gasteiger partial charge in [-0.25, -0.2) is 8.78 Å². The number of pyridine rings is 1. The van der Waals surface area contributed by atoms with E-state index in [0.717, 1.165) is 17.3 Å². The molecule has 1 atom stereocenters. The molecule has 0 aliphatic rings. The standard InChI is InChI=1S/C14H14F2N2/c1-9-8-10(6-7-18-9)14(17-2)11-4-3-5-12(15)13(11)16/h3-8,14,17H,1-2H3. The van der Waals surface area contributed by atoms with Gasteiger partial charge in [-0.3, -0.25) is 4.98 Å². The number of aromatic nitrogens is 1. The average Bonchev–Trinajstić information content (AvgIpc) is 2.35. The Kier molecular flexibility index (Phi) is 3.67. The molecule has 0 amide bonds. The van der Waals surface area contributed by atoms with Crippen molar-refractivity contribution in [3.8, 4) is 0 Å². The van der Waals surface area contributed by atoms with Gasteiger partial charge in [0.2, 0.25) is 0 Å². The van der Waals surface area contributed by atoms with E-state index in [2.05, 4.69) is 10.3 Å². The van der Waals surface area contributed by atoms with E-state index in [0.29, 0.717) is 5.56 Å². The number of hydrogen-bond acceptors (Lipinski definition) is 2. The number of nitrogens with zero attached hydrogens (tertiary/aromatic N) is 1. The second-order valence-corrected chi connectivity index (χ2v) is 4.10. The summed E-state index contributed by atoms with van der Waals surface area (Å²) in [7, 11) is 1.71. The number of benzene rings is 1. The molecule has 0 aliphatic carbocycles. The monoisotopic (exact) mass is 248 g/mol. The van der Waals surface area contributed by atoms with Crippen molar-refractivity contribution in [2.75, 3.05) is 7.05 Å². The van der Waals surface area contributed by atoms with E-state index < -0.39 is 11.6 Å². The second-order valence-electron chi connectivity index (χ2n) is 4.10. The van der Waals surface area contributed by atoms with Gasteiger partial charge < -0.3 is 5.32 Å². The Labute approximate surface area is 105 Å². The van der Waals surface area contributed by atoms with Gasteiger partial charge in [0, 0.05) is 17.5 Å². The fraction of sp³-hybridized carbons (Fsp3) is 0.214. The van der Waals surface area contributed by atoms with E-state index in [9.17, 15) is 8.78 Å². The zero-order valence-electron chi connectivity index (χ0n) is 10.2. The minimum Gasteiger partial charge on any atom is -0.309 e. The molecule has 2 aromatic rings. The normalized spacial score (nSPS) is 12.4. The lowest BCUT2D eigenvalue weighted by atomic mass is 9.98.